The maximum Gasteiger partial charge on any atom is 0.189 e. The Labute approximate surface area is 166 Å². The van der Waals surface area contributed by atoms with Gasteiger partial charge in [-0.3, -0.25) is 14.8 Å². The number of aliphatic imine (C=N–C) groups is 1. The fourth-order valence-corrected chi connectivity index (χ4v) is 7.30. The Kier molecular flexibility index (Phi) is 8.79. The van der Waals surface area contributed by atoms with Gasteiger partial charge in [-0.05, 0) is 30.6 Å². The zero-order valence-electron chi connectivity index (χ0n) is 16.8. The van der Waals surface area contributed by atoms with E-state index < -0.39 is 8.07 Å². The molecule has 1 N–H and O–H groups in total. The van der Waals surface area contributed by atoms with Crippen molar-refractivity contribution in [3.05, 3.63) is 50.2 Å². The van der Waals surface area contributed by atoms with Gasteiger partial charge in [-0.1, -0.05) is 31.1 Å². The molecule has 4 nitrogen and oxygen atoms in total. The molecule has 0 aromatic rings. The van der Waals surface area contributed by atoms with Crippen molar-refractivity contribution < 1.29 is 0 Å². The summed E-state index contributed by atoms with van der Waals surface area (Å²) in [5.41, 5.74) is 0. The summed E-state index contributed by atoms with van der Waals surface area (Å²) in [5, 5.41) is 4.66. The monoisotopic (exact) mass is 382 g/mol. The lowest BCUT2D eigenvalue weighted by molar-refractivity contribution is 0.103. The Bertz CT molecular complexity index is 608. The third-order valence-corrected chi connectivity index (χ3v) is 9.70. The number of piperazine rings is 1. The van der Waals surface area contributed by atoms with E-state index >= 15 is 0 Å². The van der Waals surface area contributed by atoms with Crippen LogP contribution in [0.3, 0.4) is 0 Å². The highest BCUT2D eigenvalue weighted by Gasteiger charge is 2.37. The Morgan fingerprint density at radius 2 is 1.81 bits per heavy atom. The van der Waals surface area contributed by atoms with Crippen LogP contribution >= 0.6 is 0 Å². The number of nitrogens with one attached hydrogen (secondary N) is 1. The number of unbranched alkanes of at least 4 members (excludes halogenated alkanes) is 1. The molecule has 0 bridgehead atoms. The van der Waals surface area contributed by atoms with Crippen LogP contribution in [0.5, 0.6) is 0 Å². The quantitative estimate of drug-likeness (QED) is 0.374. The minimum absolute atomic E-state index is 0.0391. The van der Waals surface area contributed by atoms with Crippen molar-refractivity contribution in [1.29, 1.82) is 0 Å². The number of rotatable bonds is 9. The van der Waals surface area contributed by atoms with Crippen molar-refractivity contribution in [2.75, 3.05) is 26.2 Å². The van der Waals surface area contributed by atoms with Gasteiger partial charge < -0.3 is 5.32 Å². The molecule has 1 fully saturated rings. The first-order chi connectivity index (χ1) is 13.2. The molecule has 0 aliphatic carbocycles. The second-order valence-electron chi connectivity index (χ2n) is 7.17. The number of allylic oxidation sites excluding steroid dienone is 4. The molecule has 0 amide bonds. The van der Waals surface area contributed by atoms with Crippen molar-refractivity contribution in [3.8, 4) is 12.0 Å². The highest BCUT2D eigenvalue weighted by atomic mass is 28.3. The number of nitrogens with zero attached hydrogens (tertiary/aromatic N) is 3. The van der Waals surface area contributed by atoms with E-state index in [0.717, 1.165) is 57.2 Å². The third-order valence-electron chi connectivity index (χ3n) is 5.11. The van der Waals surface area contributed by atoms with Crippen molar-refractivity contribution in [3.63, 3.8) is 0 Å². The van der Waals surface area contributed by atoms with Crippen LogP contribution in [-0.4, -0.2) is 55.7 Å². The summed E-state index contributed by atoms with van der Waals surface area (Å²) in [6.45, 7) is 18.2. The number of hydrogen-bond acceptors (Lipinski definition) is 4. The molecule has 27 heavy (non-hydrogen) atoms. The molecule has 2 aliphatic rings. The lowest BCUT2D eigenvalue weighted by atomic mass is 10.3. The van der Waals surface area contributed by atoms with E-state index in [0.29, 0.717) is 0 Å². The summed E-state index contributed by atoms with van der Waals surface area (Å²) in [5.74, 6) is 3.28. The molecular formula is C22H34N4Si. The molecule has 0 spiro atoms. The molecule has 0 aromatic heterocycles. The molecule has 2 heterocycles. The van der Waals surface area contributed by atoms with Gasteiger partial charge in [-0.25, -0.2) is 0 Å². The van der Waals surface area contributed by atoms with Crippen LogP contribution in [0, 0.1) is 12.0 Å². The first-order valence-electron chi connectivity index (χ1n) is 10.0. The molecule has 0 aromatic carbocycles. The zero-order chi connectivity index (χ0) is 19.5. The molecule has 146 valence electrons. The van der Waals surface area contributed by atoms with Crippen LogP contribution in [0.1, 0.15) is 19.8 Å². The second-order valence-corrected chi connectivity index (χ2v) is 11.5. The summed E-state index contributed by atoms with van der Waals surface area (Å²) < 4.78 is 0. The van der Waals surface area contributed by atoms with Crippen LogP contribution in [0.4, 0.5) is 0 Å². The van der Waals surface area contributed by atoms with Crippen LogP contribution in [-0.2, 0) is 0 Å². The van der Waals surface area contributed by atoms with E-state index in [1.54, 1.807) is 0 Å². The lowest BCUT2D eigenvalue weighted by Crippen LogP contribution is -2.55. The highest BCUT2D eigenvalue weighted by molar-refractivity contribution is 7.09. The number of hydrogen-bond donors (Lipinski definition) is 1. The van der Waals surface area contributed by atoms with Gasteiger partial charge in [0.25, 0.3) is 0 Å². The van der Waals surface area contributed by atoms with E-state index in [4.69, 9.17) is 4.99 Å². The molecule has 0 saturated carbocycles. The fourth-order valence-electron chi connectivity index (χ4n) is 3.70. The molecule has 1 atom stereocenters. The average molecular weight is 383 g/mol. The van der Waals surface area contributed by atoms with Gasteiger partial charge in [0.2, 0.25) is 0 Å². The summed E-state index contributed by atoms with van der Waals surface area (Å²) >= 11 is 0. The SMILES string of the molecule is C=CC[Si](CC=C)(CC=C)C1=NC(N2CCNCC2)N(C#CCCC)C=C1. The highest BCUT2D eigenvalue weighted by Crippen LogP contribution is 2.28. The maximum absolute atomic E-state index is 5.26. The van der Waals surface area contributed by atoms with Crippen molar-refractivity contribution in [2.45, 2.75) is 44.2 Å². The predicted octanol–water partition coefficient (Wildman–Crippen LogP) is 3.75. The minimum Gasteiger partial charge on any atom is -0.314 e. The standard InChI is InChI=1S/C22H34N4Si/c1-5-9-10-14-25-15-11-21(24-22(25)26-16-12-23-13-17-26)27(18-6-2,19-7-3)20-8-4/h6-8,11,15,22-23H,2-5,9,12-13,16-20H2,1H3. The first-order valence-corrected chi connectivity index (χ1v) is 12.6. The van der Waals surface area contributed by atoms with Gasteiger partial charge in [-0.15, -0.1) is 19.7 Å². The largest absolute Gasteiger partial charge is 0.314 e. The molecule has 1 saturated heterocycles. The minimum atomic E-state index is -1.88. The van der Waals surface area contributed by atoms with Crippen LogP contribution in [0.2, 0.25) is 18.1 Å². The Morgan fingerprint density at radius 1 is 1.19 bits per heavy atom. The van der Waals surface area contributed by atoms with Gasteiger partial charge in [0, 0.05) is 50.2 Å². The second kappa shape index (κ2) is 11.1. The van der Waals surface area contributed by atoms with Crippen molar-refractivity contribution in [1.82, 2.24) is 15.1 Å². The zero-order valence-corrected chi connectivity index (χ0v) is 17.8. The Hall–Kier alpha value is -1.87. The van der Waals surface area contributed by atoms with E-state index in [1.807, 2.05) is 18.2 Å². The summed E-state index contributed by atoms with van der Waals surface area (Å²) in [7, 11) is -1.88. The molecule has 2 aliphatic heterocycles. The van der Waals surface area contributed by atoms with E-state index in [-0.39, 0.29) is 6.29 Å². The van der Waals surface area contributed by atoms with Gasteiger partial charge in [-0.2, -0.15) is 0 Å². The normalized spacial score (nSPS) is 20.4. The molecule has 1 unspecified atom stereocenters. The Balaban J connectivity index is 2.38. The van der Waals surface area contributed by atoms with Gasteiger partial charge in [0.1, 0.15) is 8.07 Å². The smallest absolute Gasteiger partial charge is 0.189 e. The van der Waals surface area contributed by atoms with E-state index in [1.165, 1.54) is 5.33 Å². The third kappa shape index (κ3) is 5.55. The first kappa shape index (κ1) is 21.4. The fraction of sp³-hybridized carbons (Fsp3) is 0.500. The van der Waals surface area contributed by atoms with Crippen LogP contribution in [0.25, 0.3) is 0 Å². The molecule has 0 radical (unpaired) electrons. The molecule has 5 heteroatoms. The van der Waals surface area contributed by atoms with E-state index in [9.17, 15) is 0 Å². The summed E-state index contributed by atoms with van der Waals surface area (Å²) in [6, 6.07) is 6.29. The van der Waals surface area contributed by atoms with Crippen molar-refractivity contribution in [2.24, 2.45) is 4.99 Å². The average Bonchev–Trinajstić information content (AvgIpc) is 2.69. The van der Waals surface area contributed by atoms with Crippen LogP contribution < -0.4 is 5.32 Å². The lowest BCUT2D eigenvalue weighted by Gasteiger charge is -2.40. The maximum atomic E-state index is 5.26. The Morgan fingerprint density at radius 3 is 2.37 bits per heavy atom. The summed E-state index contributed by atoms with van der Waals surface area (Å²) in [4.78, 5) is 9.77. The van der Waals surface area contributed by atoms with Gasteiger partial charge in [0.15, 0.2) is 6.29 Å². The van der Waals surface area contributed by atoms with Gasteiger partial charge >= 0.3 is 0 Å². The molecular weight excluding hydrogens is 348 g/mol. The summed E-state index contributed by atoms with van der Waals surface area (Å²) in [6.07, 6.45) is 12.4. The topological polar surface area (TPSA) is 30.9 Å². The van der Waals surface area contributed by atoms with E-state index in [2.05, 4.69) is 66.0 Å². The predicted molar refractivity (Wildman–Crippen MR) is 120 cm³/mol. The van der Waals surface area contributed by atoms with Crippen molar-refractivity contribution >= 4 is 13.4 Å². The van der Waals surface area contributed by atoms with Crippen LogP contribution in [0.15, 0.2) is 55.2 Å². The molecule has 2 rings (SSSR count). The van der Waals surface area contributed by atoms with Gasteiger partial charge in [0.05, 0.1) is 0 Å².